The lowest BCUT2D eigenvalue weighted by atomic mass is 10.2. The number of rotatable bonds is 6. The highest BCUT2D eigenvalue weighted by atomic mass is 32.1. The van der Waals surface area contributed by atoms with Crippen LogP contribution in [0.4, 0.5) is 0 Å². The summed E-state index contributed by atoms with van der Waals surface area (Å²) in [4.78, 5) is 16.2. The van der Waals surface area contributed by atoms with Gasteiger partial charge in [0.25, 0.3) is 0 Å². The summed E-state index contributed by atoms with van der Waals surface area (Å²) in [7, 11) is 1.66. The smallest absolute Gasteiger partial charge is 0.223 e. The Morgan fingerprint density at radius 1 is 1.48 bits per heavy atom. The fourth-order valence-corrected chi connectivity index (χ4v) is 2.97. The Labute approximate surface area is 128 Å². The summed E-state index contributed by atoms with van der Waals surface area (Å²) < 4.78 is 5.23. The second-order valence-corrected chi connectivity index (χ2v) is 6.05. The summed E-state index contributed by atoms with van der Waals surface area (Å²) in [6.07, 6.45) is 2.87. The Morgan fingerprint density at radius 3 is 3.10 bits per heavy atom. The normalized spacial score (nSPS) is 14.0. The fourth-order valence-electron chi connectivity index (χ4n) is 2.11. The number of thiazole rings is 1. The largest absolute Gasteiger partial charge is 0.497 e. The molecule has 21 heavy (non-hydrogen) atoms. The molecule has 0 spiro atoms. The van der Waals surface area contributed by atoms with Gasteiger partial charge < -0.3 is 10.1 Å². The quantitative estimate of drug-likeness (QED) is 0.892. The van der Waals surface area contributed by atoms with Crippen LogP contribution in [0.3, 0.4) is 0 Å². The minimum atomic E-state index is 0.193. The molecule has 1 amide bonds. The van der Waals surface area contributed by atoms with E-state index in [0.29, 0.717) is 6.54 Å². The Kier molecular flexibility index (Phi) is 4.20. The maximum atomic E-state index is 11.5. The molecule has 110 valence electrons. The predicted molar refractivity (Wildman–Crippen MR) is 83.5 cm³/mol. The number of aromatic nitrogens is 1. The van der Waals surface area contributed by atoms with Crippen molar-refractivity contribution < 1.29 is 9.53 Å². The zero-order valence-corrected chi connectivity index (χ0v) is 12.8. The van der Waals surface area contributed by atoms with E-state index in [4.69, 9.17) is 4.74 Å². The molecule has 1 saturated carbocycles. The molecule has 1 heterocycles. The molecule has 0 atom stereocenters. The van der Waals surface area contributed by atoms with Gasteiger partial charge in [-0.1, -0.05) is 12.1 Å². The molecule has 4 nitrogen and oxygen atoms in total. The van der Waals surface area contributed by atoms with E-state index in [-0.39, 0.29) is 11.8 Å². The molecule has 0 bridgehead atoms. The summed E-state index contributed by atoms with van der Waals surface area (Å²) in [5, 5.41) is 6.00. The van der Waals surface area contributed by atoms with Gasteiger partial charge in [-0.05, 0) is 25.0 Å². The zero-order chi connectivity index (χ0) is 14.7. The number of nitrogens with one attached hydrogen (secondary N) is 1. The molecule has 0 saturated heterocycles. The number of nitrogens with zero attached hydrogens (tertiary/aromatic N) is 1. The highest BCUT2D eigenvalue weighted by Gasteiger charge is 2.29. The zero-order valence-electron chi connectivity index (χ0n) is 12.0. The van der Waals surface area contributed by atoms with Gasteiger partial charge in [-0.25, -0.2) is 4.98 Å². The fraction of sp³-hybridized carbons (Fsp3) is 0.375. The summed E-state index contributed by atoms with van der Waals surface area (Å²) in [6.45, 7) is 0.663. The van der Waals surface area contributed by atoms with Gasteiger partial charge in [-0.15, -0.1) is 11.3 Å². The molecule has 5 heteroatoms. The van der Waals surface area contributed by atoms with Crippen molar-refractivity contribution in [2.45, 2.75) is 19.3 Å². The van der Waals surface area contributed by atoms with E-state index in [1.807, 2.05) is 24.3 Å². The van der Waals surface area contributed by atoms with E-state index in [1.54, 1.807) is 18.4 Å². The topological polar surface area (TPSA) is 51.2 Å². The molecule has 3 rings (SSSR count). The lowest BCUT2D eigenvalue weighted by molar-refractivity contribution is -0.122. The van der Waals surface area contributed by atoms with E-state index < -0.39 is 0 Å². The van der Waals surface area contributed by atoms with Crippen molar-refractivity contribution in [1.82, 2.24) is 10.3 Å². The maximum absolute atomic E-state index is 11.5. The van der Waals surface area contributed by atoms with Crippen molar-refractivity contribution in [2.24, 2.45) is 5.92 Å². The minimum absolute atomic E-state index is 0.193. The number of benzene rings is 1. The average molecular weight is 302 g/mol. The number of amides is 1. The highest BCUT2D eigenvalue weighted by molar-refractivity contribution is 7.13. The van der Waals surface area contributed by atoms with Gasteiger partial charge in [0, 0.05) is 29.8 Å². The number of methoxy groups -OCH3 is 1. The molecule has 1 aliphatic rings. The van der Waals surface area contributed by atoms with Gasteiger partial charge in [0.1, 0.15) is 10.8 Å². The van der Waals surface area contributed by atoms with Crippen LogP contribution in [0.25, 0.3) is 10.6 Å². The van der Waals surface area contributed by atoms with E-state index in [2.05, 4.69) is 15.7 Å². The van der Waals surface area contributed by atoms with E-state index >= 15 is 0 Å². The van der Waals surface area contributed by atoms with Crippen LogP contribution in [-0.4, -0.2) is 24.5 Å². The number of carbonyl (C=O) groups excluding carboxylic acids is 1. The third kappa shape index (κ3) is 3.61. The molecular weight excluding hydrogens is 284 g/mol. The third-order valence-corrected chi connectivity index (χ3v) is 4.44. The van der Waals surface area contributed by atoms with Crippen LogP contribution < -0.4 is 10.1 Å². The molecule has 1 aliphatic carbocycles. The monoisotopic (exact) mass is 302 g/mol. The third-order valence-electron chi connectivity index (χ3n) is 3.50. The predicted octanol–water partition coefficient (Wildman–Crippen LogP) is 2.89. The molecule has 2 aromatic rings. The van der Waals surface area contributed by atoms with Crippen molar-refractivity contribution in [3.63, 3.8) is 0 Å². The molecule has 1 aromatic carbocycles. The second-order valence-electron chi connectivity index (χ2n) is 5.19. The van der Waals surface area contributed by atoms with E-state index in [0.717, 1.165) is 41.3 Å². The molecule has 1 N–H and O–H groups in total. The average Bonchev–Trinajstić information content (AvgIpc) is 3.27. The number of hydrogen-bond donors (Lipinski definition) is 1. The first-order valence-electron chi connectivity index (χ1n) is 7.13. The first-order chi connectivity index (χ1) is 10.3. The first kappa shape index (κ1) is 14.1. The Balaban J connectivity index is 1.58. The SMILES string of the molecule is COc1cccc(-c2nc(CCNC(=O)C3CC3)cs2)c1. The summed E-state index contributed by atoms with van der Waals surface area (Å²) in [5.74, 6) is 1.30. The van der Waals surface area contributed by atoms with Crippen molar-refractivity contribution in [3.8, 4) is 16.3 Å². The lowest BCUT2D eigenvalue weighted by Gasteiger charge is -2.02. The number of ether oxygens (including phenoxy) is 1. The second kappa shape index (κ2) is 6.26. The van der Waals surface area contributed by atoms with Crippen LogP contribution >= 0.6 is 11.3 Å². The van der Waals surface area contributed by atoms with Gasteiger partial charge in [0.2, 0.25) is 5.91 Å². The van der Waals surface area contributed by atoms with E-state index in [9.17, 15) is 4.79 Å². The highest BCUT2D eigenvalue weighted by Crippen LogP contribution is 2.29. The van der Waals surface area contributed by atoms with Gasteiger partial charge in [0.05, 0.1) is 12.8 Å². The van der Waals surface area contributed by atoms with Crippen molar-refractivity contribution in [1.29, 1.82) is 0 Å². The van der Waals surface area contributed by atoms with Crippen molar-refractivity contribution >= 4 is 17.2 Å². The van der Waals surface area contributed by atoms with Gasteiger partial charge in [0.15, 0.2) is 0 Å². The van der Waals surface area contributed by atoms with Crippen LogP contribution in [0.2, 0.25) is 0 Å². The molecule has 0 radical (unpaired) electrons. The van der Waals surface area contributed by atoms with Gasteiger partial charge >= 0.3 is 0 Å². The van der Waals surface area contributed by atoms with Crippen LogP contribution in [0, 0.1) is 5.92 Å². The summed E-state index contributed by atoms with van der Waals surface area (Å²) >= 11 is 1.62. The first-order valence-corrected chi connectivity index (χ1v) is 8.01. The van der Waals surface area contributed by atoms with Crippen molar-refractivity contribution in [2.75, 3.05) is 13.7 Å². The van der Waals surface area contributed by atoms with Crippen LogP contribution in [-0.2, 0) is 11.2 Å². The number of carbonyl (C=O) groups is 1. The summed E-state index contributed by atoms with van der Waals surface area (Å²) in [5.41, 5.74) is 2.08. The van der Waals surface area contributed by atoms with Crippen LogP contribution in [0.1, 0.15) is 18.5 Å². The van der Waals surface area contributed by atoms with Gasteiger partial charge in [-0.2, -0.15) is 0 Å². The van der Waals surface area contributed by atoms with Crippen molar-refractivity contribution in [3.05, 3.63) is 35.3 Å². The van der Waals surface area contributed by atoms with Crippen LogP contribution in [0.5, 0.6) is 5.75 Å². The maximum Gasteiger partial charge on any atom is 0.223 e. The Hall–Kier alpha value is -1.88. The van der Waals surface area contributed by atoms with Crippen LogP contribution in [0.15, 0.2) is 29.6 Å². The minimum Gasteiger partial charge on any atom is -0.497 e. The Morgan fingerprint density at radius 2 is 2.33 bits per heavy atom. The molecule has 0 unspecified atom stereocenters. The standard InChI is InChI=1S/C16H18N2O2S/c1-20-14-4-2-3-12(9-14)16-18-13(10-21-16)7-8-17-15(19)11-5-6-11/h2-4,9-11H,5-8H2,1H3,(H,17,19). The molecule has 1 fully saturated rings. The summed E-state index contributed by atoms with van der Waals surface area (Å²) in [6, 6.07) is 7.90. The molecule has 1 aromatic heterocycles. The number of hydrogen-bond acceptors (Lipinski definition) is 4. The van der Waals surface area contributed by atoms with E-state index in [1.165, 1.54) is 0 Å². The van der Waals surface area contributed by atoms with Gasteiger partial charge in [-0.3, -0.25) is 4.79 Å². The lowest BCUT2D eigenvalue weighted by Crippen LogP contribution is -2.26. The Bertz CT molecular complexity index is 635. The molecule has 0 aliphatic heterocycles. The molecular formula is C16H18N2O2S.